The van der Waals surface area contributed by atoms with Crippen LogP contribution in [0.25, 0.3) is 0 Å². The van der Waals surface area contributed by atoms with Gasteiger partial charge >= 0.3 is 0 Å². The maximum atomic E-state index is 17.0. The van der Waals surface area contributed by atoms with Crippen LogP contribution in [-0.4, -0.2) is 50.9 Å². The van der Waals surface area contributed by atoms with Crippen molar-refractivity contribution in [3.05, 3.63) is 0 Å². The number of hydrogen-bond acceptors (Lipinski definition) is 5. The highest BCUT2D eigenvalue weighted by Gasteiger charge is 2.76. The normalized spacial score (nSPS) is 56.0. The summed E-state index contributed by atoms with van der Waals surface area (Å²) < 4.78 is 17.0. The first-order chi connectivity index (χ1) is 13.0. The number of rotatable bonds is 2. The summed E-state index contributed by atoms with van der Waals surface area (Å²) in [7, 11) is 0. The van der Waals surface area contributed by atoms with E-state index >= 15 is 4.39 Å². The van der Waals surface area contributed by atoms with E-state index in [0.29, 0.717) is 32.1 Å². The lowest BCUT2D eigenvalue weighted by Crippen LogP contribution is -2.71. The Bertz CT molecular complexity index is 711. The van der Waals surface area contributed by atoms with Crippen LogP contribution in [0.15, 0.2) is 0 Å². The Hall–Kier alpha value is -0.850. The molecule has 6 heteroatoms. The lowest BCUT2D eigenvalue weighted by Gasteiger charge is -2.65. The summed E-state index contributed by atoms with van der Waals surface area (Å²) in [5.41, 5.74) is -5.32. The Morgan fingerprint density at radius 1 is 1.21 bits per heavy atom. The van der Waals surface area contributed by atoms with Crippen molar-refractivity contribution in [1.29, 1.82) is 0 Å². The van der Waals surface area contributed by atoms with Crippen LogP contribution in [-0.2, 0) is 9.59 Å². The van der Waals surface area contributed by atoms with Crippen LogP contribution in [0, 0.1) is 34.5 Å². The average Bonchev–Trinajstić information content (AvgIpc) is 2.84. The number of ketones is 2. The first kappa shape index (κ1) is 20.4. The van der Waals surface area contributed by atoms with Gasteiger partial charge in [0.1, 0.15) is 23.7 Å². The molecule has 158 valence electrons. The number of Topliss-reactive ketones (excluding diaryl/α,β-unsaturated/α-hetero) is 2. The summed E-state index contributed by atoms with van der Waals surface area (Å²) in [4.78, 5) is 24.6. The molecule has 0 aliphatic heterocycles. The molecule has 0 saturated heterocycles. The molecule has 1 unspecified atom stereocenters. The van der Waals surface area contributed by atoms with Crippen LogP contribution < -0.4 is 0 Å². The van der Waals surface area contributed by atoms with E-state index in [0.717, 1.165) is 6.42 Å². The zero-order valence-corrected chi connectivity index (χ0v) is 17.1. The Morgan fingerprint density at radius 3 is 2.54 bits per heavy atom. The molecule has 9 atom stereocenters. The molecule has 0 aromatic rings. The van der Waals surface area contributed by atoms with Crippen LogP contribution in [0.2, 0.25) is 0 Å². The predicted molar refractivity (Wildman–Crippen MR) is 100 cm³/mol. The number of carbonyl (C=O) groups excluding carboxylic acids is 2. The number of fused-ring (bicyclic) bond motifs is 5. The quantitative estimate of drug-likeness (QED) is 0.665. The van der Waals surface area contributed by atoms with E-state index in [9.17, 15) is 24.9 Å². The van der Waals surface area contributed by atoms with Gasteiger partial charge in [0.25, 0.3) is 0 Å². The maximum Gasteiger partial charge on any atom is 0.190 e. The summed E-state index contributed by atoms with van der Waals surface area (Å²) in [6.07, 6.45) is 1.66. The fourth-order valence-corrected chi connectivity index (χ4v) is 8.10. The third kappa shape index (κ3) is 2.12. The van der Waals surface area contributed by atoms with Crippen molar-refractivity contribution in [2.24, 2.45) is 34.5 Å². The lowest BCUT2D eigenvalue weighted by atomic mass is 9.42. The Labute approximate surface area is 165 Å². The molecule has 4 fully saturated rings. The molecule has 4 aliphatic carbocycles. The van der Waals surface area contributed by atoms with Gasteiger partial charge in [-0.3, -0.25) is 9.59 Å². The standard InChI is InChI=1S/C22H33FO5/c1-12-8-16-15-5-4-13-9-14(25)6-7-19(13,2)21(15,23)17(26)10-20(16,3)22(12,28)18(27)11-24/h12-13,15-17,24,26,28H,4-11H2,1-3H3/t12-,13?,15+,16+,17+,19+,20+,21+,22+/m1/s1. The molecular formula is C22H33FO5. The van der Waals surface area contributed by atoms with E-state index < -0.39 is 52.4 Å². The molecule has 4 rings (SSSR count). The minimum Gasteiger partial charge on any atom is -0.390 e. The Kier molecular flexibility index (Phi) is 4.44. The van der Waals surface area contributed by atoms with Crippen molar-refractivity contribution >= 4 is 11.6 Å². The van der Waals surface area contributed by atoms with Gasteiger partial charge in [-0.1, -0.05) is 20.8 Å². The number of halogens is 1. The van der Waals surface area contributed by atoms with Crippen LogP contribution in [0.3, 0.4) is 0 Å². The van der Waals surface area contributed by atoms with Crippen molar-refractivity contribution in [1.82, 2.24) is 0 Å². The van der Waals surface area contributed by atoms with E-state index in [2.05, 4.69) is 0 Å². The molecule has 0 aromatic heterocycles. The number of aliphatic hydroxyl groups excluding tert-OH is 2. The lowest BCUT2D eigenvalue weighted by molar-refractivity contribution is -0.254. The SMILES string of the molecule is C[C@@H]1C[C@H]2[C@@H]3CCC4CC(=O)CC[C@]4(C)[C@@]3(F)[C@@H](O)C[C@]2(C)[C@@]1(O)C(=O)CO. The van der Waals surface area contributed by atoms with Gasteiger partial charge in [0.05, 0.1) is 6.10 Å². The smallest absolute Gasteiger partial charge is 0.190 e. The molecule has 0 amide bonds. The van der Waals surface area contributed by atoms with Gasteiger partial charge < -0.3 is 15.3 Å². The van der Waals surface area contributed by atoms with Crippen molar-refractivity contribution in [3.63, 3.8) is 0 Å². The first-order valence-electron chi connectivity index (χ1n) is 10.7. The van der Waals surface area contributed by atoms with Gasteiger partial charge in [-0.25, -0.2) is 4.39 Å². The average molecular weight is 396 g/mol. The molecule has 0 aromatic carbocycles. The second kappa shape index (κ2) is 6.08. The predicted octanol–water partition coefficient (Wildman–Crippen LogP) is 2.20. The monoisotopic (exact) mass is 396 g/mol. The van der Waals surface area contributed by atoms with Crippen molar-refractivity contribution in [2.45, 2.75) is 83.1 Å². The highest BCUT2D eigenvalue weighted by Crippen LogP contribution is 2.71. The zero-order valence-electron chi connectivity index (χ0n) is 17.1. The molecule has 5 nitrogen and oxygen atoms in total. The van der Waals surface area contributed by atoms with Crippen molar-refractivity contribution in [3.8, 4) is 0 Å². The number of aliphatic hydroxyl groups is 3. The molecule has 4 aliphatic rings. The molecule has 0 spiro atoms. The van der Waals surface area contributed by atoms with Gasteiger partial charge in [0, 0.05) is 23.7 Å². The van der Waals surface area contributed by atoms with Crippen LogP contribution >= 0.6 is 0 Å². The molecule has 4 saturated carbocycles. The van der Waals surface area contributed by atoms with Gasteiger partial charge in [0.15, 0.2) is 5.78 Å². The number of hydrogen-bond donors (Lipinski definition) is 3. The fourth-order valence-electron chi connectivity index (χ4n) is 8.10. The van der Waals surface area contributed by atoms with Gasteiger partial charge in [-0.05, 0) is 55.8 Å². The summed E-state index contributed by atoms with van der Waals surface area (Å²) in [6.45, 7) is 4.71. The van der Waals surface area contributed by atoms with Crippen LogP contribution in [0.5, 0.6) is 0 Å². The molecule has 0 bridgehead atoms. The topological polar surface area (TPSA) is 94.8 Å². The summed E-state index contributed by atoms with van der Waals surface area (Å²) in [6, 6.07) is 0. The van der Waals surface area contributed by atoms with E-state index in [1.165, 1.54) is 0 Å². The second-order valence-electron chi connectivity index (χ2n) is 10.5. The molecule has 0 heterocycles. The number of alkyl halides is 1. The van der Waals surface area contributed by atoms with Crippen LogP contribution in [0.4, 0.5) is 4.39 Å². The van der Waals surface area contributed by atoms with Gasteiger partial charge in [-0.2, -0.15) is 0 Å². The third-order valence-corrected chi connectivity index (χ3v) is 9.71. The first-order valence-corrected chi connectivity index (χ1v) is 10.7. The minimum atomic E-state index is -1.83. The number of carbonyl (C=O) groups is 2. The second-order valence-corrected chi connectivity index (χ2v) is 10.5. The van der Waals surface area contributed by atoms with Gasteiger partial charge in [0.2, 0.25) is 0 Å². The summed E-state index contributed by atoms with van der Waals surface area (Å²) in [5, 5.41) is 32.1. The maximum absolute atomic E-state index is 17.0. The summed E-state index contributed by atoms with van der Waals surface area (Å²) >= 11 is 0. The van der Waals surface area contributed by atoms with Crippen molar-refractivity contribution < 1.29 is 29.3 Å². The third-order valence-electron chi connectivity index (χ3n) is 9.71. The molecular weight excluding hydrogens is 363 g/mol. The minimum absolute atomic E-state index is 0.00645. The molecule has 0 radical (unpaired) electrons. The fraction of sp³-hybridized carbons (Fsp3) is 0.909. The van der Waals surface area contributed by atoms with Crippen molar-refractivity contribution in [2.75, 3.05) is 6.61 Å². The largest absolute Gasteiger partial charge is 0.390 e. The Morgan fingerprint density at radius 2 is 1.89 bits per heavy atom. The van der Waals surface area contributed by atoms with E-state index in [-0.39, 0.29) is 24.0 Å². The van der Waals surface area contributed by atoms with E-state index in [1.807, 2.05) is 6.92 Å². The molecule has 28 heavy (non-hydrogen) atoms. The molecule has 3 N–H and O–H groups in total. The summed E-state index contributed by atoms with van der Waals surface area (Å²) in [5.74, 6) is -1.63. The zero-order chi connectivity index (χ0) is 20.7. The Balaban J connectivity index is 1.79. The highest BCUT2D eigenvalue weighted by molar-refractivity contribution is 5.90. The van der Waals surface area contributed by atoms with Crippen LogP contribution in [0.1, 0.15) is 65.7 Å². The van der Waals surface area contributed by atoms with E-state index in [1.54, 1.807) is 13.8 Å². The van der Waals surface area contributed by atoms with Gasteiger partial charge in [-0.15, -0.1) is 0 Å². The van der Waals surface area contributed by atoms with E-state index in [4.69, 9.17) is 0 Å². The highest BCUT2D eigenvalue weighted by atomic mass is 19.1.